The van der Waals surface area contributed by atoms with Crippen molar-refractivity contribution in [3.63, 3.8) is 0 Å². The molecule has 0 N–H and O–H groups in total. The topological polar surface area (TPSA) is 102 Å². The van der Waals surface area contributed by atoms with Gasteiger partial charge in [-0.3, -0.25) is 4.79 Å². The molecule has 0 spiro atoms. The smallest absolute Gasteiger partial charge is 0.417 e. The molecule has 0 aromatic heterocycles. The van der Waals surface area contributed by atoms with Crippen molar-refractivity contribution >= 4 is 22.0 Å². The zero-order chi connectivity index (χ0) is 18.2. The number of sulfonamides is 1. The highest BCUT2D eigenvalue weighted by atomic mass is 32.2. The maximum Gasteiger partial charge on any atom is 0.417 e. The fourth-order valence-electron chi connectivity index (χ4n) is 2.78. The number of rotatable bonds is 6. The normalized spacial score (nSPS) is 18.9. The molecule has 0 bridgehead atoms. The minimum absolute atomic E-state index is 0.0471. The molecule has 2 heterocycles. The molecule has 9 nitrogen and oxygen atoms in total. The van der Waals surface area contributed by atoms with Gasteiger partial charge in [0.25, 0.3) is 5.91 Å². The standard InChI is InChI=1S/C15H18N2O7S/c1-22-11-3-4-13(12(5-11)23-2)25(20,21)16-6-10(7-16)8-17-14(18)9-24-15(17)19/h3-5,10H,6-9H2,1-2H3. The summed E-state index contributed by atoms with van der Waals surface area (Å²) in [4.78, 5) is 24.0. The lowest BCUT2D eigenvalue weighted by molar-refractivity contribution is -0.126. The van der Waals surface area contributed by atoms with Gasteiger partial charge in [-0.1, -0.05) is 0 Å². The van der Waals surface area contributed by atoms with Crippen molar-refractivity contribution in [2.75, 3.05) is 40.5 Å². The molecule has 0 aliphatic carbocycles. The summed E-state index contributed by atoms with van der Waals surface area (Å²) >= 11 is 0. The van der Waals surface area contributed by atoms with Crippen LogP contribution in [0.25, 0.3) is 0 Å². The highest BCUT2D eigenvalue weighted by Gasteiger charge is 2.42. The van der Waals surface area contributed by atoms with Crippen LogP contribution in [0.4, 0.5) is 4.79 Å². The Labute approximate surface area is 145 Å². The van der Waals surface area contributed by atoms with Gasteiger partial charge in [0.05, 0.1) is 14.2 Å². The van der Waals surface area contributed by atoms with Crippen LogP contribution in [0.1, 0.15) is 0 Å². The Morgan fingerprint density at radius 2 is 1.92 bits per heavy atom. The van der Waals surface area contributed by atoms with E-state index in [4.69, 9.17) is 9.47 Å². The molecular formula is C15H18N2O7S. The van der Waals surface area contributed by atoms with Gasteiger partial charge in [0.1, 0.15) is 16.4 Å². The van der Waals surface area contributed by atoms with E-state index in [-0.39, 0.29) is 42.8 Å². The Balaban J connectivity index is 1.69. The van der Waals surface area contributed by atoms with Gasteiger partial charge in [-0.25, -0.2) is 18.1 Å². The van der Waals surface area contributed by atoms with Crippen molar-refractivity contribution in [3.8, 4) is 11.5 Å². The lowest BCUT2D eigenvalue weighted by Crippen LogP contribution is -2.54. The maximum atomic E-state index is 12.7. The number of methoxy groups -OCH3 is 2. The molecule has 0 atom stereocenters. The third kappa shape index (κ3) is 3.14. The number of nitrogens with zero attached hydrogens (tertiary/aromatic N) is 2. The first kappa shape index (κ1) is 17.5. The summed E-state index contributed by atoms with van der Waals surface area (Å²) in [5.74, 6) is 0.168. The van der Waals surface area contributed by atoms with Crippen LogP contribution in [0.15, 0.2) is 23.1 Å². The van der Waals surface area contributed by atoms with Crippen LogP contribution in [-0.2, 0) is 19.6 Å². The molecule has 2 aliphatic heterocycles. The van der Waals surface area contributed by atoms with E-state index in [1.54, 1.807) is 6.07 Å². The van der Waals surface area contributed by atoms with Crippen LogP contribution in [0.5, 0.6) is 11.5 Å². The summed E-state index contributed by atoms with van der Waals surface area (Å²) in [6, 6.07) is 4.48. The van der Waals surface area contributed by atoms with Crippen LogP contribution in [-0.4, -0.2) is 70.1 Å². The first-order valence-electron chi connectivity index (χ1n) is 7.56. The van der Waals surface area contributed by atoms with E-state index in [0.29, 0.717) is 5.75 Å². The SMILES string of the molecule is COc1ccc(S(=O)(=O)N2CC(CN3C(=O)COC3=O)C2)c(OC)c1. The molecule has 2 fully saturated rings. The summed E-state index contributed by atoms with van der Waals surface area (Å²) in [5, 5.41) is 0. The molecule has 2 amide bonds. The molecule has 0 saturated carbocycles. The first-order chi connectivity index (χ1) is 11.9. The van der Waals surface area contributed by atoms with Gasteiger partial charge in [-0.2, -0.15) is 4.31 Å². The van der Waals surface area contributed by atoms with E-state index >= 15 is 0 Å². The van der Waals surface area contributed by atoms with Crippen LogP contribution < -0.4 is 9.47 Å². The van der Waals surface area contributed by atoms with E-state index in [9.17, 15) is 18.0 Å². The summed E-state index contributed by atoms with van der Waals surface area (Å²) in [5.41, 5.74) is 0. The number of carbonyl (C=O) groups is 2. The van der Waals surface area contributed by atoms with E-state index in [1.807, 2.05) is 0 Å². The fraction of sp³-hybridized carbons (Fsp3) is 0.467. The largest absolute Gasteiger partial charge is 0.497 e. The molecule has 2 saturated heterocycles. The summed E-state index contributed by atoms with van der Waals surface area (Å²) in [6.07, 6.45) is -0.678. The zero-order valence-electron chi connectivity index (χ0n) is 13.8. The van der Waals surface area contributed by atoms with Gasteiger partial charge in [0, 0.05) is 31.6 Å². The molecule has 136 valence electrons. The second-order valence-corrected chi connectivity index (χ2v) is 7.67. The second-order valence-electron chi connectivity index (χ2n) is 5.76. The quantitative estimate of drug-likeness (QED) is 0.710. The number of cyclic esters (lactones) is 1. The predicted molar refractivity (Wildman–Crippen MR) is 84.9 cm³/mol. The molecule has 1 aromatic rings. The maximum absolute atomic E-state index is 12.7. The minimum atomic E-state index is -3.73. The molecule has 10 heteroatoms. The Morgan fingerprint density at radius 1 is 1.20 bits per heavy atom. The van der Waals surface area contributed by atoms with Gasteiger partial charge in [-0.05, 0) is 12.1 Å². The van der Waals surface area contributed by atoms with Crippen molar-refractivity contribution < 1.29 is 32.2 Å². The average molecular weight is 370 g/mol. The first-order valence-corrected chi connectivity index (χ1v) is 9.00. The monoisotopic (exact) mass is 370 g/mol. The molecule has 2 aliphatic rings. The Hall–Kier alpha value is -2.33. The molecule has 25 heavy (non-hydrogen) atoms. The van der Waals surface area contributed by atoms with Crippen molar-refractivity contribution in [3.05, 3.63) is 18.2 Å². The lowest BCUT2D eigenvalue weighted by atomic mass is 10.0. The summed E-state index contributed by atoms with van der Waals surface area (Å²) < 4.78 is 41.6. The number of hydrogen-bond acceptors (Lipinski definition) is 7. The average Bonchev–Trinajstić information content (AvgIpc) is 2.88. The number of hydrogen-bond donors (Lipinski definition) is 0. The second kappa shape index (κ2) is 6.52. The van der Waals surface area contributed by atoms with E-state index in [1.165, 1.54) is 30.7 Å². The third-order valence-corrected chi connectivity index (χ3v) is 6.06. The van der Waals surface area contributed by atoms with Crippen LogP contribution in [0.3, 0.4) is 0 Å². The van der Waals surface area contributed by atoms with Gasteiger partial charge in [0.2, 0.25) is 10.0 Å². The minimum Gasteiger partial charge on any atom is -0.497 e. The summed E-state index contributed by atoms with van der Waals surface area (Å²) in [7, 11) is -0.864. The zero-order valence-corrected chi connectivity index (χ0v) is 14.6. The van der Waals surface area contributed by atoms with Crippen molar-refractivity contribution in [1.82, 2.24) is 9.21 Å². The van der Waals surface area contributed by atoms with E-state index < -0.39 is 22.0 Å². The molecule has 3 rings (SSSR count). The van der Waals surface area contributed by atoms with E-state index in [2.05, 4.69) is 4.74 Å². The van der Waals surface area contributed by atoms with Gasteiger partial charge >= 0.3 is 6.09 Å². The fourth-order valence-corrected chi connectivity index (χ4v) is 4.51. The molecular weight excluding hydrogens is 352 g/mol. The van der Waals surface area contributed by atoms with Gasteiger partial charge in [0.15, 0.2) is 6.61 Å². The number of carbonyl (C=O) groups excluding carboxylic acids is 2. The van der Waals surface area contributed by atoms with E-state index in [0.717, 1.165) is 4.90 Å². The van der Waals surface area contributed by atoms with Gasteiger partial charge in [-0.15, -0.1) is 0 Å². The lowest BCUT2D eigenvalue weighted by Gasteiger charge is -2.39. The van der Waals surface area contributed by atoms with Gasteiger partial charge < -0.3 is 14.2 Å². The Kier molecular flexibility index (Phi) is 4.56. The highest BCUT2D eigenvalue weighted by Crippen LogP contribution is 2.33. The van der Waals surface area contributed by atoms with Crippen LogP contribution in [0.2, 0.25) is 0 Å². The summed E-state index contributed by atoms with van der Waals surface area (Å²) in [6.45, 7) is 0.337. The molecule has 0 unspecified atom stereocenters. The van der Waals surface area contributed by atoms with Crippen molar-refractivity contribution in [2.24, 2.45) is 5.92 Å². The number of ether oxygens (including phenoxy) is 3. The van der Waals surface area contributed by atoms with Crippen molar-refractivity contribution in [2.45, 2.75) is 4.90 Å². The number of amides is 2. The van der Waals surface area contributed by atoms with Crippen LogP contribution in [0, 0.1) is 5.92 Å². The number of imide groups is 1. The van der Waals surface area contributed by atoms with Crippen molar-refractivity contribution in [1.29, 1.82) is 0 Å². The molecule has 1 aromatic carbocycles. The Morgan fingerprint density at radius 3 is 2.48 bits per heavy atom. The predicted octanol–water partition coefficient (Wildman–Crippen LogP) is 0.303. The number of benzene rings is 1. The molecule has 0 radical (unpaired) electrons. The van der Waals surface area contributed by atoms with Crippen LogP contribution >= 0.6 is 0 Å². The highest BCUT2D eigenvalue weighted by molar-refractivity contribution is 7.89. The third-order valence-electron chi connectivity index (χ3n) is 4.19. The Bertz CT molecular complexity index is 786.